The molecule has 0 spiro atoms. The lowest BCUT2D eigenvalue weighted by Gasteiger charge is -2.31. The number of nitro groups is 1. The van der Waals surface area contributed by atoms with Crippen molar-refractivity contribution in [2.75, 3.05) is 19.7 Å². The molecule has 0 aliphatic carbocycles. The SMILES string of the molecule is CC1CN(C(=O)c2cc(F)cc([N+](=O)[O-])c2F)CCO1. The molecule has 2 rings (SSSR count). The van der Waals surface area contributed by atoms with Gasteiger partial charge >= 0.3 is 5.69 Å². The summed E-state index contributed by atoms with van der Waals surface area (Å²) in [6.45, 7) is 2.48. The van der Waals surface area contributed by atoms with Crippen molar-refractivity contribution in [3.8, 4) is 0 Å². The van der Waals surface area contributed by atoms with Gasteiger partial charge in [-0.1, -0.05) is 0 Å². The van der Waals surface area contributed by atoms with Crippen LogP contribution in [0.2, 0.25) is 0 Å². The Bertz CT molecular complexity index is 565. The van der Waals surface area contributed by atoms with Crippen LogP contribution in [0, 0.1) is 21.7 Å². The minimum atomic E-state index is -1.32. The van der Waals surface area contributed by atoms with Gasteiger partial charge in [-0.2, -0.15) is 4.39 Å². The number of carbonyl (C=O) groups is 1. The summed E-state index contributed by atoms with van der Waals surface area (Å²) in [6, 6.07) is 1.12. The van der Waals surface area contributed by atoms with Gasteiger partial charge in [0.25, 0.3) is 5.91 Å². The van der Waals surface area contributed by atoms with Gasteiger partial charge in [-0.15, -0.1) is 0 Å². The number of morpholine rings is 1. The molecule has 1 atom stereocenters. The Hall–Kier alpha value is -2.09. The fourth-order valence-electron chi connectivity index (χ4n) is 2.04. The Labute approximate surface area is 113 Å². The number of nitrogens with zero attached hydrogens (tertiary/aromatic N) is 2. The molecule has 1 aliphatic heterocycles. The Morgan fingerprint density at radius 2 is 2.20 bits per heavy atom. The Morgan fingerprint density at radius 3 is 2.80 bits per heavy atom. The van der Waals surface area contributed by atoms with Gasteiger partial charge < -0.3 is 9.64 Å². The monoisotopic (exact) mass is 286 g/mol. The molecule has 0 N–H and O–H groups in total. The van der Waals surface area contributed by atoms with Crippen LogP contribution in [-0.2, 0) is 4.74 Å². The highest BCUT2D eigenvalue weighted by Crippen LogP contribution is 2.24. The molecule has 1 unspecified atom stereocenters. The smallest absolute Gasteiger partial charge is 0.308 e. The quantitative estimate of drug-likeness (QED) is 0.613. The molecule has 0 saturated carbocycles. The molecule has 6 nitrogen and oxygen atoms in total. The van der Waals surface area contributed by atoms with Crippen LogP contribution >= 0.6 is 0 Å². The topological polar surface area (TPSA) is 72.7 Å². The lowest BCUT2D eigenvalue weighted by molar-refractivity contribution is -0.387. The minimum Gasteiger partial charge on any atom is -0.375 e. The van der Waals surface area contributed by atoms with Crippen molar-refractivity contribution in [2.45, 2.75) is 13.0 Å². The normalized spacial score (nSPS) is 18.9. The first-order chi connectivity index (χ1) is 9.40. The molecule has 0 radical (unpaired) electrons. The first kappa shape index (κ1) is 14.3. The Morgan fingerprint density at radius 1 is 1.50 bits per heavy atom. The summed E-state index contributed by atoms with van der Waals surface area (Å²) in [5.41, 5.74) is -1.68. The number of nitro benzene ring substituents is 1. The molecule has 1 aromatic rings. The van der Waals surface area contributed by atoms with Crippen LogP contribution in [0.25, 0.3) is 0 Å². The fourth-order valence-corrected chi connectivity index (χ4v) is 2.04. The number of halogens is 2. The molecule has 8 heteroatoms. The van der Waals surface area contributed by atoms with Gasteiger partial charge in [0.05, 0.1) is 29.3 Å². The largest absolute Gasteiger partial charge is 0.375 e. The van der Waals surface area contributed by atoms with Crippen molar-refractivity contribution in [1.29, 1.82) is 0 Å². The van der Waals surface area contributed by atoms with E-state index in [0.717, 1.165) is 0 Å². The first-order valence-corrected chi connectivity index (χ1v) is 5.94. The van der Waals surface area contributed by atoms with E-state index in [2.05, 4.69) is 0 Å². The number of hydrogen-bond acceptors (Lipinski definition) is 4. The Balaban J connectivity index is 2.36. The number of hydrogen-bond donors (Lipinski definition) is 0. The summed E-state index contributed by atoms with van der Waals surface area (Å²) in [4.78, 5) is 23.0. The fraction of sp³-hybridized carbons (Fsp3) is 0.417. The maximum absolute atomic E-state index is 13.9. The van der Waals surface area contributed by atoms with Crippen LogP contribution in [0.1, 0.15) is 17.3 Å². The van der Waals surface area contributed by atoms with E-state index < -0.39 is 33.7 Å². The van der Waals surface area contributed by atoms with E-state index >= 15 is 0 Å². The van der Waals surface area contributed by atoms with Gasteiger partial charge in [-0.05, 0) is 13.0 Å². The summed E-state index contributed by atoms with van der Waals surface area (Å²) in [6.07, 6.45) is -0.223. The third kappa shape index (κ3) is 2.74. The highest BCUT2D eigenvalue weighted by Gasteiger charge is 2.29. The standard InChI is InChI=1S/C12H12F2N2O4/c1-7-6-15(2-3-20-7)12(17)9-4-8(13)5-10(11(9)14)16(18)19/h4-5,7H,2-3,6H2,1H3. The van der Waals surface area contributed by atoms with E-state index in [9.17, 15) is 23.7 Å². The van der Waals surface area contributed by atoms with E-state index in [-0.39, 0.29) is 25.8 Å². The van der Waals surface area contributed by atoms with Crippen molar-refractivity contribution in [3.05, 3.63) is 39.4 Å². The lowest BCUT2D eigenvalue weighted by atomic mass is 10.1. The van der Waals surface area contributed by atoms with Gasteiger partial charge in [-0.25, -0.2) is 4.39 Å². The zero-order chi connectivity index (χ0) is 14.9. The molecule has 1 aliphatic rings. The predicted octanol–water partition coefficient (Wildman–Crippen LogP) is 1.73. The van der Waals surface area contributed by atoms with Crippen LogP contribution in [0.15, 0.2) is 12.1 Å². The average molecular weight is 286 g/mol. The summed E-state index contributed by atoms with van der Waals surface area (Å²) >= 11 is 0. The maximum atomic E-state index is 13.9. The van der Waals surface area contributed by atoms with Gasteiger partial charge in [0, 0.05) is 13.1 Å². The van der Waals surface area contributed by atoms with Crippen LogP contribution in [0.5, 0.6) is 0 Å². The Kier molecular flexibility index (Phi) is 3.93. The summed E-state index contributed by atoms with van der Waals surface area (Å²) in [5.74, 6) is -3.12. The van der Waals surface area contributed by atoms with Crippen molar-refractivity contribution in [2.24, 2.45) is 0 Å². The average Bonchev–Trinajstić information content (AvgIpc) is 2.40. The zero-order valence-electron chi connectivity index (χ0n) is 10.6. The van der Waals surface area contributed by atoms with Crippen molar-refractivity contribution < 1.29 is 23.2 Å². The molecule has 0 aromatic heterocycles. The second-order valence-corrected chi connectivity index (χ2v) is 4.48. The molecule has 1 saturated heterocycles. The van der Waals surface area contributed by atoms with E-state index in [1.165, 1.54) is 4.90 Å². The molecular formula is C12H12F2N2O4. The second-order valence-electron chi connectivity index (χ2n) is 4.48. The second kappa shape index (κ2) is 5.49. The lowest BCUT2D eigenvalue weighted by Crippen LogP contribution is -2.44. The summed E-state index contributed by atoms with van der Waals surface area (Å²) in [7, 11) is 0. The van der Waals surface area contributed by atoms with Crippen molar-refractivity contribution in [1.82, 2.24) is 4.90 Å². The van der Waals surface area contributed by atoms with Gasteiger partial charge in [0.2, 0.25) is 5.82 Å². The first-order valence-electron chi connectivity index (χ1n) is 5.94. The van der Waals surface area contributed by atoms with E-state index in [4.69, 9.17) is 4.74 Å². The van der Waals surface area contributed by atoms with Crippen LogP contribution in [0.3, 0.4) is 0 Å². The van der Waals surface area contributed by atoms with E-state index in [0.29, 0.717) is 12.1 Å². The van der Waals surface area contributed by atoms with Crippen LogP contribution in [-0.4, -0.2) is 41.5 Å². The molecule has 108 valence electrons. The number of benzene rings is 1. The van der Waals surface area contributed by atoms with E-state index in [1.54, 1.807) is 6.92 Å². The zero-order valence-corrected chi connectivity index (χ0v) is 10.6. The third-order valence-corrected chi connectivity index (χ3v) is 2.97. The number of carbonyl (C=O) groups excluding carboxylic acids is 1. The molecule has 1 aromatic carbocycles. The van der Waals surface area contributed by atoms with Crippen LogP contribution < -0.4 is 0 Å². The number of ether oxygens (including phenoxy) is 1. The van der Waals surface area contributed by atoms with E-state index in [1.807, 2.05) is 0 Å². The molecule has 20 heavy (non-hydrogen) atoms. The maximum Gasteiger partial charge on any atom is 0.308 e. The van der Waals surface area contributed by atoms with Gasteiger partial charge in [-0.3, -0.25) is 14.9 Å². The van der Waals surface area contributed by atoms with Gasteiger partial charge in [0.1, 0.15) is 5.82 Å². The minimum absolute atomic E-state index is 0.223. The summed E-state index contributed by atoms with van der Waals surface area (Å²) < 4.78 is 32.5. The third-order valence-electron chi connectivity index (χ3n) is 2.97. The van der Waals surface area contributed by atoms with Crippen molar-refractivity contribution in [3.63, 3.8) is 0 Å². The predicted molar refractivity (Wildman–Crippen MR) is 64.3 cm³/mol. The highest BCUT2D eigenvalue weighted by molar-refractivity contribution is 5.95. The highest BCUT2D eigenvalue weighted by atomic mass is 19.1. The van der Waals surface area contributed by atoms with Crippen molar-refractivity contribution >= 4 is 11.6 Å². The van der Waals surface area contributed by atoms with Crippen LogP contribution in [0.4, 0.5) is 14.5 Å². The molecule has 0 bridgehead atoms. The van der Waals surface area contributed by atoms with Gasteiger partial charge in [0.15, 0.2) is 0 Å². The number of amides is 1. The molecule has 1 heterocycles. The molecular weight excluding hydrogens is 274 g/mol. The summed E-state index contributed by atoms with van der Waals surface area (Å²) in [5, 5.41) is 10.6. The number of rotatable bonds is 2. The molecule has 1 amide bonds. The molecule has 1 fully saturated rings.